The second kappa shape index (κ2) is 7.68. The summed E-state index contributed by atoms with van der Waals surface area (Å²) in [5.74, 6) is 4.57. The molecule has 4 aliphatic rings. The zero-order valence-electron chi connectivity index (χ0n) is 17.7. The van der Waals surface area contributed by atoms with Crippen LogP contribution in [-0.2, 0) is 13.2 Å². The van der Waals surface area contributed by atoms with Crippen LogP contribution in [0.4, 0.5) is 0 Å². The summed E-state index contributed by atoms with van der Waals surface area (Å²) in [5, 5.41) is 4.01. The maximum atomic E-state index is 6.31. The van der Waals surface area contributed by atoms with Crippen molar-refractivity contribution in [1.29, 1.82) is 0 Å². The first kappa shape index (κ1) is 19.0. The highest BCUT2D eigenvalue weighted by Crippen LogP contribution is 2.55. The molecule has 4 aliphatic carbocycles. The monoisotopic (exact) mass is 391 g/mol. The molecule has 3 nitrogen and oxygen atoms in total. The minimum Gasteiger partial charge on any atom is -0.493 e. The van der Waals surface area contributed by atoms with E-state index in [0.29, 0.717) is 12.1 Å². The van der Waals surface area contributed by atoms with Gasteiger partial charge in [-0.2, -0.15) is 0 Å². The van der Waals surface area contributed by atoms with Gasteiger partial charge >= 0.3 is 0 Å². The lowest BCUT2D eigenvalue weighted by molar-refractivity contribution is -0.0206. The van der Waals surface area contributed by atoms with Crippen LogP contribution in [0.25, 0.3) is 0 Å². The fraction of sp³-hybridized carbons (Fsp3) is 0.538. The molecule has 3 heteroatoms. The van der Waals surface area contributed by atoms with Crippen molar-refractivity contribution in [3.05, 3.63) is 59.2 Å². The van der Waals surface area contributed by atoms with E-state index in [-0.39, 0.29) is 0 Å². The van der Waals surface area contributed by atoms with E-state index in [1.54, 1.807) is 7.11 Å². The zero-order valence-corrected chi connectivity index (χ0v) is 17.7. The Morgan fingerprint density at radius 2 is 1.66 bits per heavy atom. The molecule has 0 aromatic heterocycles. The van der Waals surface area contributed by atoms with Crippen molar-refractivity contribution in [3.8, 4) is 11.5 Å². The number of benzene rings is 2. The molecule has 29 heavy (non-hydrogen) atoms. The van der Waals surface area contributed by atoms with Gasteiger partial charge in [0.1, 0.15) is 6.61 Å². The third-order valence-corrected chi connectivity index (χ3v) is 7.44. The van der Waals surface area contributed by atoms with Crippen LogP contribution in [0.15, 0.2) is 42.5 Å². The van der Waals surface area contributed by atoms with E-state index in [1.165, 1.54) is 55.2 Å². The van der Waals surface area contributed by atoms with E-state index in [1.807, 2.05) is 6.07 Å². The maximum absolute atomic E-state index is 6.31. The normalized spacial score (nSPS) is 29.8. The topological polar surface area (TPSA) is 30.5 Å². The first-order valence-corrected chi connectivity index (χ1v) is 11.2. The SMILES string of the molecule is COc1cccc(CNC23CC4CC(CC(C4)C2)C3)c1OCc1cccc(C)c1. The first-order chi connectivity index (χ1) is 14.1. The van der Waals surface area contributed by atoms with Gasteiger partial charge in [-0.15, -0.1) is 0 Å². The number of aryl methyl sites for hydroxylation is 1. The van der Waals surface area contributed by atoms with Crippen molar-refractivity contribution in [2.24, 2.45) is 17.8 Å². The van der Waals surface area contributed by atoms with Crippen molar-refractivity contribution < 1.29 is 9.47 Å². The van der Waals surface area contributed by atoms with Crippen LogP contribution in [0.1, 0.15) is 55.2 Å². The number of nitrogens with one attached hydrogen (secondary N) is 1. The summed E-state index contributed by atoms with van der Waals surface area (Å²) in [5.41, 5.74) is 4.00. The fourth-order valence-electron chi connectivity index (χ4n) is 6.59. The van der Waals surface area contributed by atoms with Gasteiger partial charge in [0, 0.05) is 17.6 Å². The summed E-state index contributed by atoms with van der Waals surface area (Å²) in [6, 6.07) is 14.8. The third-order valence-electron chi connectivity index (χ3n) is 7.44. The van der Waals surface area contributed by atoms with Crippen molar-refractivity contribution in [2.45, 2.75) is 64.1 Å². The molecule has 0 heterocycles. The Bertz CT molecular complexity index is 839. The molecule has 154 valence electrons. The molecule has 0 spiro atoms. The first-order valence-electron chi connectivity index (χ1n) is 11.2. The number of para-hydroxylation sites is 1. The highest BCUT2D eigenvalue weighted by molar-refractivity contribution is 5.47. The molecule has 6 rings (SSSR count). The lowest BCUT2D eigenvalue weighted by Crippen LogP contribution is -2.58. The number of hydrogen-bond donors (Lipinski definition) is 1. The average Bonchev–Trinajstić information content (AvgIpc) is 2.70. The molecule has 0 amide bonds. The fourth-order valence-corrected chi connectivity index (χ4v) is 6.59. The van der Waals surface area contributed by atoms with E-state index in [4.69, 9.17) is 9.47 Å². The highest BCUT2D eigenvalue weighted by Gasteiger charge is 2.50. The molecule has 4 saturated carbocycles. The lowest BCUT2D eigenvalue weighted by Gasteiger charge is -2.57. The number of hydrogen-bond acceptors (Lipinski definition) is 3. The summed E-state index contributed by atoms with van der Waals surface area (Å²) < 4.78 is 11.9. The van der Waals surface area contributed by atoms with Gasteiger partial charge in [0.15, 0.2) is 11.5 Å². The van der Waals surface area contributed by atoms with Gasteiger partial charge in [0.25, 0.3) is 0 Å². The molecule has 2 aromatic carbocycles. The molecule has 4 bridgehead atoms. The largest absolute Gasteiger partial charge is 0.493 e. The Morgan fingerprint density at radius 1 is 0.966 bits per heavy atom. The predicted molar refractivity (Wildman–Crippen MR) is 116 cm³/mol. The molecule has 2 aromatic rings. The van der Waals surface area contributed by atoms with Crippen molar-refractivity contribution >= 4 is 0 Å². The standard InChI is InChI=1S/C26H33NO2/c1-18-5-3-6-19(9-18)17-29-25-23(7-4-8-24(25)28-2)16-27-26-13-20-10-21(14-26)12-22(11-20)15-26/h3-9,20-22,27H,10-17H2,1-2H3. The lowest BCUT2D eigenvalue weighted by atomic mass is 9.53. The Morgan fingerprint density at radius 3 is 2.31 bits per heavy atom. The van der Waals surface area contributed by atoms with Gasteiger partial charge in [-0.05, 0) is 74.8 Å². The predicted octanol–water partition coefficient (Wildman–Crippen LogP) is 5.64. The van der Waals surface area contributed by atoms with E-state index in [9.17, 15) is 0 Å². The van der Waals surface area contributed by atoms with Crippen LogP contribution < -0.4 is 14.8 Å². The van der Waals surface area contributed by atoms with Gasteiger partial charge in [-0.3, -0.25) is 0 Å². The number of methoxy groups -OCH3 is 1. The average molecular weight is 392 g/mol. The minimum absolute atomic E-state index is 0.353. The van der Waals surface area contributed by atoms with E-state index < -0.39 is 0 Å². The van der Waals surface area contributed by atoms with Gasteiger partial charge in [0.05, 0.1) is 7.11 Å². The summed E-state index contributed by atoms with van der Waals surface area (Å²) >= 11 is 0. The Labute approximate surface area is 174 Å². The van der Waals surface area contributed by atoms with Crippen LogP contribution in [0.5, 0.6) is 11.5 Å². The van der Waals surface area contributed by atoms with Gasteiger partial charge < -0.3 is 14.8 Å². The Balaban J connectivity index is 1.32. The van der Waals surface area contributed by atoms with Crippen LogP contribution in [0, 0.1) is 24.7 Å². The molecule has 0 aliphatic heterocycles. The van der Waals surface area contributed by atoms with Crippen molar-refractivity contribution in [1.82, 2.24) is 5.32 Å². The molecular formula is C26H33NO2. The van der Waals surface area contributed by atoms with E-state index >= 15 is 0 Å². The van der Waals surface area contributed by atoms with E-state index in [2.05, 4.69) is 48.6 Å². The van der Waals surface area contributed by atoms with E-state index in [0.717, 1.165) is 35.8 Å². The zero-order chi connectivity index (χ0) is 19.8. The summed E-state index contributed by atoms with van der Waals surface area (Å²) in [4.78, 5) is 0. The molecule has 0 unspecified atom stereocenters. The number of ether oxygens (including phenoxy) is 2. The summed E-state index contributed by atoms with van der Waals surface area (Å²) in [7, 11) is 1.73. The Hall–Kier alpha value is -2.00. The smallest absolute Gasteiger partial charge is 0.166 e. The van der Waals surface area contributed by atoms with Crippen LogP contribution in [0.3, 0.4) is 0 Å². The van der Waals surface area contributed by atoms with Gasteiger partial charge in [-0.1, -0.05) is 42.0 Å². The maximum Gasteiger partial charge on any atom is 0.166 e. The molecule has 4 fully saturated rings. The minimum atomic E-state index is 0.353. The summed E-state index contributed by atoms with van der Waals surface area (Å²) in [6.45, 7) is 3.53. The van der Waals surface area contributed by atoms with Crippen LogP contribution >= 0.6 is 0 Å². The van der Waals surface area contributed by atoms with Crippen molar-refractivity contribution in [2.75, 3.05) is 7.11 Å². The van der Waals surface area contributed by atoms with Gasteiger partial charge in [0.2, 0.25) is 0 Å². The van der Waals surface area contributed by atoms with Crippen LogP contribution in [-0.4, -0.2) is 12.6 Å². The highest BCUT2D eigenvalue weighted by atomic mass is 16.5. The number of rotatable bonds is 7. The molecule has 0 saturated heterocycles. The third kappa shape index (κ3) is 3.90. The summed E-state index contributed by atoms with van der Waals surface area (Å²) in [6.07, 6.45) is 8.52. The second-order valence-electron chi connectivity index (χ2n) is 9.78. The molecular weight excluding hydrogens is 358 g/mol. The van der Waals surface area contributed by atoms with Gasteiger partial charge in [-0.25, -0.2) is 0 Å². The van der Waals surface area contributed by atoms with Crippen LogP contribution in [0.2, 0.25) is 0 Å². The second-order valence-corrected chi connectivity index (χ2v) is 9.78. The van der Waals surface area contributed by atoms with Crippen molar-refractivity contribution in [3.63, 3.8) is 0 Å². The molecule has 0 radical (unpaired) electrons. The molecule has 1 N–H and O–H groups in total. The molecule has 0 atom stereocenters. The Kier molecular flexibility index (Phi) is 5.03. The quantitative estimate of drug-likeness (QED) is 0.662.